The number of anilines is 2. The van der Waals surface area contributed by atoms with Crippen LogP contribution in [0.15, 0.2) is 59.3 Å². The van der Waals surface area contributed by atoms with Gasteiger partial charge in [-0.05, 0) is 35.7 Å². The number of nitrogens with one attached hydrogen (secondary N) is 2. The summed E-state index contributed by atoms with van der Waals surface area (Å²) in [6.45, 7) is 4.75. The summed E-state index contributed by atoms with van der Waals surface area (Å²) in [5, 5.41) is 16.3. The number of halogens is 1. The van der Waals surface area contributed by atoms with E-state index in [2.05, 4.69) is 53.6 Å². The minimum Gasteiger partial charge on any atom is -0.394 e. The highest BCUT2D eigenvalue weighted by molar-refractivity contribution is 9.10. The first kappa shape index (κ1) is 20.2. The van der Waals surface area contributed by atoms with Gasteiger partial charge in [0.15, 0.2) is 0 Å². The molecular formula is C21H24BrN5O. The third kappa shape index (κ3) is 5.50. The molecule has 0 aliphatic heterocycles. The molecule has 6 nitrogen and oxygen atoms in total. The van der Waals surface area contributed by atoms with E-state index in [1.807, 2.05) is 44.2 Å². The van der Waals surface area contributed by atoms with Crippen molar-refractivity contribution in [3.05, 3.63) is 64.9 Å². The number of aliphatic hydroxyl groups is 1. The highest BCUT2D eigenvalue weighted by Crippen LogP contribution is 2.22. The van der Waals surface area contributed by atoms with E-state index in [-0.39, 0.29) is 18.6 Å². The van der Waals surface area contributed by atoms with Crippen molar-refractivity contribution in [3.63, 3.8) is 0 Å². The summed E-state index contributed by atoms with van der Waals surface area (Å²) < 4.78 is 1.04. The van der Waals surface area contributed by atoms with E-state index in [0.717, 1.165) is 21.3 Å². The quantitative estimate of drug-likeness (QED) is 0.482. The Morgan fingerprint density at radius 2 is 1.86 bits per heavy atom. The summed E-state index contributed by atoms with van der Waals surface area (Å²) in [5.74, 6) is 1.44. The van der Waals surface area contributed by atoms with Crippen LogP contribution in [0.4, 0.5) is 11.8 Å². The van der Waals surface area contributed by atoms with Crippen LogP contribution in [0.1, 0.15) is 19.4 Å². The first-order valence-corrected chi connectivity index (χ1v) is 9.99. The van der Waals surface area contributed by atoms with Gasteiger partial charge in [0.05, 0.1) is 18.3 Å². The molecule has 0 saturated heterocycles. The van der Waals surface area contributed by atoms with Gasteiger partial charge in [0.25, 0.3) is 0 Å². The molecule has 3 aromatic rings. The average molecular weight is 442 g/mol. The van der Waals surface area contributed by atoms with E-state index in [4.69, 9.17) is 0 Å². The molecule has 28 heavy (non-hydrogen) atoms. The van der Waals surface area contributed by atoms with Crippen LogP contribution in [-0.2, 0) is 6.54 Å². The molecule has 1 atom stereocenters. The van der Waals surface area contributed by atoms with Gasteiger partial charge in [-0.3, -0.25) is 4.98 Å². The number of benzene rings is 1. The maximum atomic E-state index is 9.65. The molecule has 2 aromatic heterocycles. The van der Waals surface area contributed by atoms with E-state index in [1.54, 1.807) is 12.4 Å². The van der Waals surface area contributed by atoms with Gasteiger partial charge in [0.2, 0.25) is 5.95 Å². The number of aliphatic hydroxyl groups excluding tert-OH is 1. The lowest BCUT2D eigenvalue weighted by atomic mass is 10.1. The lowest BCUT2D eigenvalue weighted by Crippen LogP contribution is -2.30. The van der Waals surface area contributed by atoms with E-state index in [1.165, 1.54) is 0 Å². The molecule has 7 heteroatoms. The highest BCUT2D eigenvalue weighted by Gasteiger charge is 2.15. The minimum atomic E-state index is -0.120. The molecule has 3 rings (SSSR count). The zero-order chi connectivity index (χ0) is 19.9. The Morgan fingerprint density at radius 1 is 1.07 bits per heavy atom. The van der Waals surface area contributed by atoms with Crippen molar-refractivity contribution in [1.29, 1.82) is 0 Å². The van der Waals surface area contributed by atoms with Crippen molar-refractivity contribution in [1.82, 2.24) is 15.0 Å². The molecule has 0 saturated carbocycles. The van der Waals surface area contributed by atoms with Gasteiger partial charge in [0.1, 0.15) is 5.82 Å². The van der Waals surface area contributed by atoms with Gasteiger partial charge in [-0.1, -0.05) is 41.9 Å². The molecule has 0 radical (unpaired) electrons. The number of hydrogen-bond acceptors (Lipinski definition) is 6. The first-order chi connectivity index (χ1) is 13.5. The summed E-state index contributed by atoms with van der Waals surface area (Å²) in [4.78, 5) is 13.3. The van der Waals surface area contributed by atoms with Crippen LogP contribution in [0.25, 0.3) is 11.3 Å². The van der Waals surface area contributed by atoms with E-state index in [9.17, 15) is 5.11 Å². The second-order valence-corrected chi connectivity index (χ2v) is 7.77. The van der Waals surface area contributed by atoms with Gasteiger partial charge in [-0.25, -0.2) is 4.98 Å². The molecule has 146 valence electrons. The normalized spacial score (nSPS) is 12.0. The smallest absolute Gasteiger partial charge is 0.225 e. The van der Waals surface area contributed by atoms with Crippen molar-refractivity contribution in [2.75, 3.05) is 17.2 Å². The zero-order valence-corrected chi connectivity index (χ0v) is 17.5. The predicted molar refractivity (Wildman–Crippen MR) is 116 cm³/mol. The molecule has 0 aliphatic carbocycles. The van der Waals surface area contributed by atoms with Gasteiger partial charge in [0, 0.05) is 35.0 Å². The van der Waals surface area contributed by atoms with Crippen LogP contribution >= 0.6 is 15.9 Å². The molecular weight excluding hydrogens is 418 g/mol. The van der Waals surface area contributed by atoms with Crippen LogP contribution in [-0.4, -0.2) is 32.7 Å². The maximum absolute atomic E-state index is 9.65. The largest absolute Gasteiger partial charge is 0.394 e. The van der Waals surface area contributed by atoms with E-state index < -0.39 is 0 Å². The molecule has 0 bridgehead atoms. The zero-order valence-electron chi connectivity index (χ0n) is 15.9. The Morgan fingerprint density at radius 3 is 2.54 bits per heavy atom. The van der Waals surface area contributed by atoms with Crippen molar-refractivity contribution >= 4 is 27.7 Å². The Balaban J connectivity index is 1.88. The predicted octanol–water partition coefficient (Wildman–Crippen LogP) is 4.34. The lowest BCUT2D eigenvalue weighted by molar-refractivity contribution is 0.248. The molecule has 0 spiro atoms. The van der Waals surface area contributed by atoms with Crippen molar-refractivity contribution < 1.29 is 5.11 Å². The fourth-order valence-electron chi connectivity index (χ4n) is 2.70. The van der Waals surface area contributed by atoms with Crippen LogP contribution in [0, 0.1) is 5.92 Å². The third-order valence-corrected chi connectivity index (χ3v) is 4.87. The second-order valence-electron chi connectivity index (χ2n) is 6.86. The van der Waals surface area contributed by atoms with Crippen molar-refractivity contribution in [2.24, 2.45) is 5.92 Å². The van der Waals surface area contributed by atoms with Crippen LogP contribution in [0.3, 0.4) is 0 Å². The van der Waals surface area contributed by atoms with Crippen LogP contribution in [0.2, 0.25) is 0 Å². The third-order valence-electron chi connectivity index (χ3n) is 4.38. The molecule has 0 amide bonds. The summed E-state index contributed by atoms with van der Waals surface area (Å²) in [7, 11) is 0. The fraction of sp³-hybridized carbons (Fsp3) is 0.286. The average Bonchev–Trinajstić information content (AvgIpc) is 2.71. The van der Waals surface area contributed by atoms with Crippen LogP contribution in [0.5, 0.6) is 0 Å². The Kier molecular flexibility index (Phi) is 6.95. The maximum Gasteiger partial charge on any atom is 0.225 e. The Bertz CT molecular complexity index is 904. The standard InChI is InChI=1S/C21H24BrN5O/c1-14(2)19(13-28)26-21-25-18(16-6-8-23-9-7-16)11-20(27-21)24-12-15-4-3-5-17(22)10-15/h3-11,14,19,28H,12-13H2,1-2H3,(H2,24,25,26,27)/t19-/m0/s1. The minimum absolute atomic E-state index is 0.0152. The Hall–Kier alpha value is -2.51. The monoisotopic (exact) mass is 441 g/mol. The summed E-state index contributed by atoms with van der Waals surface area (Å²) >= 11 is 3.50. The molecule has 0 unspecified atom stereocenters. The topological polar surface area (TPSA) is 83.0 Å². The summed E-state index contributed by atoms with van der Waals surface area (Å²) in [6, 6.07) is 13.8. The number of rotatable bonds is 8. The van der Waals surface area contributed by atoms with Gasteiger partial charge in [-0.2, -0.15) is 4.98 Å². The molecule has 3 N–H and O–H groups in total. The molecule has 1 aromatic carbocycles. The SMILES string of the molecule is CC(C)[C@H](CO)Nc1nc(NCc2cccc(Br)c2)cc(-c2ccncc2)n1. The van der Waals surface area contributed by atoms with Crippen LogP contribution < -0.4 is 10.6 Å². The fourth-order valence-corrected chi connectivity index (χ4v) is 3.15. The number of nitrogens with zero attached hydrogens (tertiary/aromatic N) is 3. The highest BCUT2D eigenvalue weighted by atomic mass is 79.9. The van der Waals surface area contributed by atoms with E-state index >= 15 is 0 Å². The molecule has 0 aliphatic rings. The first-order valence-electron chi connectivity index (χ1n) is 9.20. The number of pyridine rings is 1. The summed E-state index contributed by atoms with van der Waals surface area (Å²) in [6.07, 6.45) is 3.48. The summed E-state index contributed by atoms with van der Waals surface area (Å²) in [5.41, 5.74) is 2.89. The number of hydrogen-bond donors (Lipinski definition) is 3. The van der Waals surface area contributed by atoms with Gasteiger partial charge in [-0.15, -0.1) is 0 Å². The lowest BCUT2D eigenvalue weighted by Gasteiger charge is -2.20. The molecule has 0 fully saturated rings. The van der Waals surface area contributed by atoms with E-state index in [0.29, 0.717) is 18.3 Å². The molecule has 2 heterocycles. The second kappa shape index (κ2) is 9.61. The van der Waals surface area contributed by atoms with Crippen molar-refractivity contribution in [2.45, 2.75) is 26.4 Å². The number of aromatic nitrogens is 3. The Labute approximate surface area is 173 Å². The van der Waals surface area contributed by atoms with Gasteiger partial charge < -0.3 is 15.7 Å². The van der Waals surface area contributed by atoms with Gasteiger partial charge >= 0.3 is 0 Å². The van der Waals surface area contributed by atoms with Crippen molar-refractivity contribution in [3.8, 4) is 11.3 Å².